The highest BCUT2D eigenvalue weighted by atomic mass is 16.5. The van der Waals surface area contributed by atoms with Crippen molar-refractivity contribution >= 4 is 0 Å². The van der Waals surface area contributed by atoms with Crippen LogP contribution in [-0.2, 0) is 0 Å². The van der Waals surface area contributed by atoms with Gasteiger partial charge in [0.2, 0.25) is 0 Å². The molecule has 0 aliphatic carbocycles. The first-order valence-electron chi connectivity index (χ1n) is 22.2. The maximum atomic E-state index is 6.60. The van der Waals surface area contributed by atoms with E-state index in [-0.39, 0.29) is 0 Å². The van der Waals surface area contributed by atoms with Crippen LogP contribution < -0.4 is 18.9 Å². The molecule has 2 atom stereocenters. The van der Waals surface area contributed by atoms with Crippen molar-refractivity contribution < 1.29 is 18.9 Å². The van der Waals surface area contributed by atoms with E-state index in [0.29, 0.717) is 31.7 Å². The van der Waals surface area contributed by atoms with Crippen LogP contribution in [-0.4, -0.2) is 26.4 Å². The van der Waals surface area contributed by atoms with E-state index in [4.69, 9.17) is 18.9 Å². The van der Waals surface area contributed by atoms with Crippen molar-refractivity contribution in [1.29, 1.82) is 0 Å². The van der Waals surface area contributed by atoms with Gasteiger partial charge in [0, 0.05) is 12.1 Å². The Balaban J connectivity index is 2.52. The van der Waals surface area contributed by atoms with Crippen LogP contribution in [0.1, 0.15) is 199 Å². The van der Waals surface area contributed by atoms with Crippen LogP contribution >= 0.6 is 0 Å². The first-order valence-corrected chi connectivity index (χ1v) is 22.2. The number of aryl methyl sites for hydroxylation is 1. The van der Waals surface area contributed by atoms with Gasteiger partial charge in [-0.05, 0) is 69.1 Å². The summed E-state index contributed by atoms with van der Waals surface area (Å²) >= 11 is 0. The van der Waals surface area contributed by atoms with Crippen LogP contribution in [0.15, 0.2) is 24.3 Å². The van der Waals surface area contributed by atoms with E-state index < -0.39 is 0 Å². The van der Waals surface area contributed by atoms with Crippen molar-refractivity contribution in [3.63, 3.8) is 0 Å². The van der Waals surface area contributed by atoms with Gasteiger partial charge in [-0.15, -0.1) is 5.92 Å². The van der Waals surface area contributed by atoms with Crippen LogP contribution in [0, 0.1) is 42.4 Å². The summed E-state index contributed by atoms with van der Waals surface area (Å²) in [4.78, 5) is 0. The lowest BCUT2D eigenvalue weighted by molar-refractivity contribution is 0.226. The average molecular weight is 743 g/mol. The number of hydrogen-bond acceptors (Lipinski definition) is 4. The summed E-state index contributed by atoms with van der Waals surface area (Å²) in [5.41, 5.74) is 3.59. The Bertz CT molecular complexity index is 1400. The highest BCUT2D eigenvalue weighted by molar-refractivity contribution is 5.61. The summed E-state index contributed by atoms with van der Waals surface area (Å²) in [6.45, 7) is 20.3. The van der Waals surface area contributed by atoms with E-state index in [2.05, 4.69) is 84.3 Å². The zero-order chi connectivity index (χ0) is 39.2. The standard InChI is InChI=1S/C50H78O4/c1-9-16-20-22-24-26-33-51-49-38-46(50(37-44(49)28-13-5)52-34-27-25-23-21-17-10-2)32-31-45-36-47(53-39-42(14-6)29-18-11-3)41(8)35-48(45)54-40-43(15-7)30-19-12-4/h35-38,42-43H,9-12,14-27,29-30,33-34,39-40H2,1-8H3. The fourth-order valence-corrected chi connectivity index (χ4v) is 6.64. The molecule has 4 heteroatoms. The van der Waals surface area contributed by atoms with Gasteiger partial charge in [0.1, 0.15) is 23.0 Å². The van der Waals surface area contributed by atoms with E-state index in [1.165, 1.54) is 103 Å². The zero-order valence-corrected chi connectivity index (χ0v) is 36.1. The van der Waals surface area contributed by atoms with Gasteiger partial charge < -0.3 is 18.9 Å². The third kappa shape index (κ3) is 18.9. The largest absolute Gasteiger partial charge is 0.493 e. The Labute approximate surface area is 333 Å². The molecule has 0 saturated carbocycles. The molecule has 2 unspecified atom stereocenters. The molecule has 2 aromatic carbocycles. The maximum Gasteiger partial charge on any atom is 0.136 e. The predicted octanol–water partition coefficient (Wildman–Crippen LogP) is 14.4. The number of unbranched alkanes of at least 4 members (excludes halogenated alkanes) is 12. The Kier molecular flexibility index (Phi) is 26.1. The van der Waals surface area contributed by atoms with Crippen molar-refractivity contribution in [2.45, 2.75) is 184 Å². The molecule has 0 aliphatic heterocycles. The zero-order valence-electron chi connectivity index (χ0n) is 36.1. The second kappa shape index (κ2) is 30.0. The normalized spacial score (nSPS) is 11.9. The molecule has 0 fully saturated rings. The molecule has 2 aromatic rings. The molecule has 0 aliphatic rings. The number of rotatable bonds is 30. The smallest absolute Gasteiger partial charge is 0.136 e. The summed E-state index contributed by atoms with van der Waals surface area (Å²) < 4.78 is 26.0. The van der Waals surface area contributed by atoms with Crippen LogP contribution in [0.5, 0.6) is 23.0 Å². The molecule has 0 amide bonds. The minimum absolute atomic E-state index is 0.520. The van der Waals surface area contributed by atoms with Gasteiger partial charge in [0.05, 0.1) is 43.1 Å². The fraction of sp³-hybridized carbons (Fsp3) is 0.680. The molecule has 0 saturated heterocycles. The molecule has 2 rings (SSSR count). The van der Waals surface area contributed by atoms with Crippen LogP contribution in [0.2, 0.25) is 0 Å². The first-order chi connectivity index (χ1) is 26.4. The molecule has 0 N–H and O–H groups in total. The first kappa shape index (κ1) is 46.9. The van der Waals surface area contributed by atoms with Crippen LogP contribution in [0.4, 0.5) is 0 Å². The summed E-state index contributed by atoms with van der Waals surface area (Å²) in [5, 5.41) is 0. The van der Waals surface area contributed by atoms with Crippen LogP contribution in [0.25, 0.3) is 0 Å². The Morgan fingerprint density at radius 2 is 0.833 bits per heavy atom. The number of ether oxygens (including phenoxy) is 4. The van der Waals surface area contributed by atoms with Crippen molar-refractivity contribution in [3.8, 4) is 46.7 Å². The summed E-state index contributed by atoms with van der Waals surface area (Å²) in [5.74, 6) is 17.7. The van der Waals surface area contributed by atoms with Gasteiger partial charge in [-0.3, -0.25) is 0 Å². The molecule has 0 bridgehead atoms. The Morgan fingerprint density at radius 1 is 0.444 bits per heavy atom. The van der Waals surface area contributed by atoms with E-state index in [1.54, 1.807) is 0 Å². The molecule has 302 valence electrons. The second-order valence-corrected chi connectivity index (χ2v) is 15.3. The highest BCUT2D eigenvalue weighted by Gasteiger charge is 2.15. The molecular formula is C50H78O4. The van der Waals surface area contributed by atoms with Gasteiger partial charge >= 0.3 is 0 Å². The van der Waals surface area contributed by atoms with Gasteiger partial charge in [-0.25, -0.2) is 0 Å². The monoisotopic (exact) mass is 743 g/mol. The summed E-state index contributed by atoms with van der Waals surface area (Å²) in [6.07, 6.45) is 24.0. The number of benzene rings is 2. The maximum absolute atomic E-state index is 6.60. The lowest BCUT2D eigenvalue weighted by Crippen LogP contribution is -2.13. The minimum atomic E-state index is 0.520. The summed E-state index contributed by atoms with van der Waals surface area (Å²) in [6, 6.07) is 8.31. The third-order valence-electron chi connectivity index (χ3n) is 10.5. The topological polar surface area (TPSA) is 36.9 Å². The highest BCUT2D eigenvalue weighted by Crippen LogP contribution is 2.32. The predicted molar refractivity (Wildman–Crippen MR) is 231 cm³/mol. The quantitative estimate of drug-likeness (QED) is 0.0590. The lowest BCUT2D eigenvalue weighted by Gasteiger charge is -2.20. The number of hydrogen-bond donors (Lipinski definition) is 0. The molecule has 0 aromatic heterocycles. The van der Waals surface area contributed by atoms with Crippen molar-refractivity contribution in [3.05, 3.63) is 46.5 Å². The third-order valence-corrected chi connectivity index (χ3v) is 10.5. The van der Waals surface area contributed by atoms with Crippen molar-refractivity contribution in [1.82, 2.24) is 0 Å². The van der Waals surface area contributed by atoms with Gasteiger partial charge in [-0.2, -0.15) is 0 Å². The Hall–Kier alpha value is -3.24. The molecule has 4 nitrogen and oxygen atoms in total. The molecular weight excluding hydrogens is 665 g/mol. The van der Waals surface area contributed by atoms with Gasteiger partial charge in [-0.1, -0.05) is 162 Å². The van der Waals surface area contributed by atoms with Crippen LogP contribution in [0.3, 0.4) is 0 Å². The molecule has 0 spiro atoms. The Morgan fingerprint density at radius 3 is 1.28 bits per heavy atom. The van der Waals surface area contributed by atoms with Crippen molar-refractivity contribution in [2.75, 3.05) is 26.4 Å². The van der Waals surface area contributed by atoms with E-state index in [9.17, 15) is 0 Å². The molecule has 0 radical (unpaired) electrons. The minimum Gasteiger partial charge on any atom is -0.493 e. The molecule has 0 heterocycles. The SMILES string of the molecule is CC#Cc1cc(OCCCCCCCC)c(C#Cc2cc(OCC(CC)CCCC)c(C)cc2OCC(CC)CCCC)cc1OCCCCCCCC. The second-order valence-electron chi connectivity index (χ2n) is 15.3. The fourth-order valence-electron chi connectivity index (χ4n) is 6.64. The summed E-state index contributed by atoms with van der Waals surface area (Å²) in [7, 11) is 0. The van der Waals surface area contributed by atoms with Gasteiger partial charge in [0.15, 0.2) is 0 Å². The van der Waals surface area contributed by atoms with E-state index in [1.807, 2.05) is 19.1 Å². The van der Waals surface area contributed by atoms with Crippen molar-refractivity contribution in [2.24, 2.45) is 11.8 Å². The van der Waals surface area contributed by atoms with E-state index >= 15 is 0 Å². The van der Waals surface area contributed by atoms with Gasteiger partial charge in [0.25, 0.3) is 0 Å². The average Bonchev–Trinajstić information content (AvgIpc) is 3.18. The van der Waals surface area contributed by atoms with E-state index in [0.717, 1.165) is 77.5 Å². The molecule has 54 heavy (non-hydrogen) atoms. The lowest BCUT2D eigenvalue weighted by atomic mass is 10.00.